The topological polar surface area (TPSA) is 118 Å². The molecule has 0 saturated heterocycles. The molecule has 2 aromatic rings. The van der Waals surface area contributed by atoms with Crippen molar-refractivity contribution in [1.82, 2.24) is 14.7 Å². The lowest BCUT2D eigenvalue weighted by Gasteiger charge is -2.16. The zero-order chi connectivity index (χ0) is 19.9. The molecule has 0 fully saturated rings. The Hall–Kier alpha value is -2.81. The fourth-order valence-corrected chi connectivity index (χ4v) is 4.68. The van der Waals surface area contributed by atoms with Crippen LogP contribution in [0.2, 0.25) is 0 Å². The predicted molar refractivity (Wildman–Crippen MR) is 102 cm³/mol. The second kappa shape index (κ2) is 6.97. The lowest BCUT2D eigenvalue weighted by atomic mass is 9.99. The minimum atomic E-state index is -4.25. The van der Waals surface area contributed by atoms with E-state index >= 15 is 0 Å². The number of nitrogens with zero attached hydrogens (tertiary/aromatic N) is 2. The number of aryl methyl sites for hydroxylation is 2. The Labute approximate surface area is 162 Å². The molecule has 1 aromatic carbocycles. The van der Waals surface area contributed by atoms with Crippen molar-refractivity contribution in [1.29, 1.82) is 0 Å². The normalized spacial score (nSPS) is 15.0. The summed E-state index contributed by atoms with van der Waals surface area (Å²) in [5.74, 6) is -0.276. The van der Waals surface area contributed by atoms with Gasteiger partial charge in [0.2, 0.25) is 0 Å². The molecule has 4 rings (SSSR count). The minimum Gasteiger partial charge on any atom is -0.307 e. The van der Waals surface area contributed by atoms with Crippen LogP contribution < -0.4 is 10.0 Å². The summed E-state index contributed by atoms with van der Waals surface area (Å²) in [5, 5.41) is 2.20. The summed E-state index contributed by atoms with van der Waals surface area (Å²) in [6, 6.07) is 1.39. The highest BCUT2D eigenvalue weighted by Gasteiger charge is 2.27. The number of hydrogen-bond donors (Lipinski definition) is 2. The van der Waals surface area contributed by atoms with Crippen LogP contribution in [-0.4, -0.2) is 30.2 Å². The van der Waals surface area contributed by atoms with Gasteiger partial charge >= 0.3 is 16.1 Å². The molecule has 2 amide bonds. The minimum absolute atomic E-state index is 0.193. The van der Waals surface area contributed by atoms with E-state index in [1.165, 1.54) is 18.1 Å². The summed E-state index contributed by atoms with van der Waals surface area (Å²) in [6.45, 7) is 1.33. The Balaban J connectivity index is 1.56. The zero-order valence-electron chi connectivity index (χ0n) is 15.4. The van der Waals surface area contributed by atoms with Crippen LogP contribution in [0.15, 0.2) is 23.6 Å². The lowest BCUT2D eigenvalue weighted by Crippen LogP contribution is -2.35. The van der Waals surface area contributed by atoms with E-state index in [0.717, 1.165) is 67.7 Å². The maximum atomic E-state index is 12.5. The first-order valence-corrected chi connectivity index (χ1v) is 10.7. The zero-order valence-corrected chi connectivity index (χ0v) is 16.2. The molecular formula is C19H20N4O4S. The van der Waals surface area contributed by atoms with Gasteiger partial charge in [-0.2, -0.15) is 8.42 Å². The van der Waals surface area contributed by atoms with Crippen LogP contribution in [0.5, 0.6) is 0 Å². The first-order valence-electron chi connectivity index (χ1n) is 9.18. The SMILES string of the molecule is CC(=O)c1cnc(S(=O)(=O)NC(=O)Nc2c3c(cc4c2CCC4)CCC3)nc1. The Bertz CT molecular complexity index is 1050. The number of anilines is 1. The van der Waals surface area contributed by atoms with Crippen LogP contribution in [0.1, 0.15) is 52.4 Å². The molecule has 2 N–H and O–H groups in total. The van der Waals surface area contributed by atoms with Gasteiger partial charge < -0.3 is 5.32 Å². The van der Waals surface area contributed by atoms with Crippen LogP contribution in [0, 0.1) is 0 Å². The number of fused-ring (bicyclic) bond motifs is 2. The van der Waals surface area contributed by atoms with Crippen molar-refractivity contribution in [2.24, 2.45) is 0 Å². The molecule has 2 aliphatic rings. The number of amides is 2. The van der Waals surface area contributed by atoms with Crippen molar-refractivity contribution in [2.45, 2.75) is 50.6 Å². The van der Waals surface area contributed by atoms with E-state index in [4.69, 9.17) is 0 Å². The number of urea groups is 1. The summed E-state index contributed by atoms with van der Waals surface area (Å²) in [6.07, 6.45) is 8.02. The summed E-state index contributed by atoms with van der Waals surface area (Å²) in [5.41, 5.74) is 5.64. The van der Waals surface area contributed by atoms with Gasteiger partial charge in [-0.3, -0.25) is 4.79 Å². The van der Waals surface area contributed by atoms with Crippen molar-refractivity contribution >= 4 is 27.5 Å². The van der Waals surface area contributed by atoms with E-state index in [0.29, 0.717) is 0 Å². The third-order valence-corrected chi connectivity index (χ3v) is 6.36. The Morgan fingerprint density at radius 2 is 1.54 bits per heavy atom. The molecule has 9 heteroatoms. The number of carbonyl (C=O) groups excluding carboxylic acids is 2. The lowest BCUT2D eigenvalue weighted by molar-refractivity contribution is 0.101. The molecule has 1 heterocycles. The maximum absolute atomic E-state index is 12.5. The second-order valence-corrected chi connectivity index (χ2v) is 8.68. The van der Waals surface area contributed by atoms with Crippen LogP contribution in [0.25, 0.3) is 0 Å². The van der Waals surface area contributed by atoms with Gasteiger partial charge in [-0.25, -0.2) is 19.5 Å². The third kappa shape index (κ3) is 3.37. The largest absolute Gasteiger partial charge is 0.333 e. The molecule has 0 aliphatic heterocycles. The van der Waals surface area contributed by atoms with Crippen LogP contribution in [0.4, 0.5) is 10.5 Å². The molecule has 0 spiro atoms. The highest BCUT2D eigenvalue weighted by molar-refractivity contribution is 7.89. The molecule has 8 nitrogen and oxygen atoms in total. The van der Waals surface area contributed by atoms with Crippen molar-refractivity contribution in [2.75, 3.05) is 5.32 Å². The molecule has 0 saturated carbocycles. The van der Waals surface area contributed by atoms with Gasteiger partial charge in [0.15, 0.2) is 5.78 Å². The maximum Gasteiger partial charge on any atom is 0.333 e. The number of rotatable bonds is 4. The average molecular weight is 400 g/mol. The predicted octanol–water partition coefficient (Wildman–Crippen LogP) is 2.17. The second-order valence-electron chi connectivity index (χ2n) is 7.10. The number of hydrogen-bond acceptors (Lipinski definition) is 6. The Kier molecular flexibility index (Phi) is 4.62. The molecule has 146 valence electrons. The van der Waals surface area contributed by atoms with Gasteiger partial charge in [0.1, 0.15) is 0 Å². The third-order valence-electron chi connectivity index (χ3n) is 5.21. The molecule has 28 heavy (non-hydrogen) atoms. The van der Waals surface area contributed by atoms with Crippen molar-refractivity contribution in [3.63, 3.8) is 0 Å². The molecule has 0 atom stereocenters. The Morgan fingerprint density at radius 3 is 2.07 bits per heavy atom. The van der Waals surface area contributed by atoms with Gasteiger partial charge in [0.05, 0.1) is 5.56 Å². The number of carbonyl (C=O) groups is 2. The number of aromatic nitrogens is 2. The van der Waals surface area contributed by atoms with Gasteiger partial charge in [-0.1, -0.05) is 6.07 Å². The number of sulfonamides is 1. The molecule has 0 radical (unpaired) electrons. The number of ketones is 1. The standard InChI is InChI=1S/C19H20N4O4S/c1-11(24)14-9-20-19(21-10-14)28(26,27)23-18(25)22-17-15-6-2-4-12(15)8-13-5-3-7-16(13)17/h8-10H,2-7H2,1H3,(H2,22,23,25). The van der Waals surface area contributed by atoms with Crippen molar-refractivity contribution < 1.29 is 18.0 Å². The van der Waals surface area contributed by atoms with Crippen LogP contribution in [0.3, 0.4) is 0 Å². The fourth-order valence-electron chi connectivity index (χ4n) is 3.91. The van der Waals surface area contributed by atoms with E-state index < -0.39 is 21.2 Å². The number of benzene rings is 1. The molecule has 1 aromatic heterocycles. The van der Waals surface area contributed by atoms with E-state index in [1.807, 2.05) is 4.72 Å². The first-order chi connectivity index (χ1) is 13.3. The molecular weight excluding hydrogens is 380 g/mol. The molecule has 2 aliphatic carbocycles. The van der Waals surface area contributed by atoms with E-state index in [1.54, 1.807) is 0 Å². The summed E-state index contributed by atoms with van der Waals surface area (Å²) >= 11 is 0. The number of Topliss-reactive ketones (excluding diaryl/α,β-unsaturated/α-hetero) is 1. The van der Waals surface area contributed by atoms with Gasteiger partial charge in [-0.15, -0.1) is 0 Å². The highest BCUT2D eigenvalue weighted by Crippen LogP contribution is 2.38. The van der Waals surface area contributed by atoms with Crippen molar-refractivity contribution in [3.05, 3.63) is 46.3 Å². The summed E-state index contributed by atoms with van der Waals surface area (Å²) < 4.78 is 26.8. The summed E-state index contributed by atoms with van der Waals surface area (Å²) in [4.78, 5) is 31.1. The van der Waals surface area contributed by atoms with Crippen molar-refractivity contribution in [3.8, 4) is 0 Å². The van der Waals surface area contributed by atoms with Crippen LogP contribution in [-0.2, 0) is 35.7 Å². The quantitative estimate of drug-likeness (QED) is 0.600. The highest BCUT2D eigenvalue weighted by atomic mass is 32.2. The summed E-state index contributed by atoms with van der Waals surface area (Å²) in [7, 11) is -4.25. The molecule has 0 unspecified atom stereocenters. The first kappa shape index (κ1) is 18.5. The van der Waals surface area contributed by atoms with Gasteiger partial charge in [0, 0.05) is 18.1 Å². The van der Waals surface area contributed by atoms with Gasteiger partial charge in [0.25, 0.3) is 5.16 Å². The molecule has 0 bridgehead atoms. The van der Waals surface area contributed by atoms with E-state index in [2.05, 4.69) is 21.4 Å². The van der Waals surface area contributed by atoms with E-state index in [-0.39, 0.29) is 11.3 Å². The van der Waals surface area contributed by atoms with Crippen LogP contribution >= 0.6 is 0 Å². The average Bonchev–Trinajstić information content (AvgIpc) is 3.30. The smallest absolute Gasteiger partial charge is 0.307 e. The Morgan fingerprint density at radius 1 is 0.964 bits per heavy atom. The monoisotopic (exact) mass is 400 g/mol. The van der Waals surface area contributed by atoms with Gasteiger partial charge in [-0.05, 0) is 67.7 Å². The fraction of sp³-hybridized carbons (Fsp3) is 0.368. The number of nitrogens with one attached hydrogen (secondary N) is 2. The van der Waals surface area contributed by atoms with E-state index in [9.17, 15) is 18.0 Å².